The van der Waals surface area contributed by atoms with E-state index in [9.17, 15) is 0 Å². The fraction of sp³-hybridized carbons (Fsp3) is 0.647. The lowest BCUT2D eigenvalue weighted by molar-refractivity contribution is 0.301. The number of piperidine rings is 1. The van der Waals surface area contributed by atoms with Crippen molar-refractivity contribution in [1.29, 1.82) is 0 Å². The van der Waals surface area contributed by atoms with E-state index in [1.54, 1.807) is 0 Å². The van der Waals surface area contributed by atoms with E-state index in [2.05, 4.69) is 64.0 Å². The molecular weight excluding hydrogens is 232 g/mol. The van der Waals surface area contributed by atoms with Gasteiger partial charge in [0.15, 0.2) is 0 Å². The first-order valence-corrected chi connectivity index (χ1v) is 7.38. The van der Waals surface area contributed by atoms with Gasteiger partial charge in [-0.2, -0.15) is 0 Å². The molecule has 1 N–H and O–H groups in total. The molecule has 1 unspecified atom stereocenters. The molecule has 1 saturated heterocycles. The summed E-state index contributed by atoms with van der Waals surface area (Å²) in [4.78, 5) is 2.62. The molecule has 1 heterocycles. The summed E-state index contributed by atoms with van der Waals surface area (Å²) >= 11 is 0. The minimum absolute atomic E-state index is 0.219. The molecular formula is C17H28N2. The molecule has 2 rings (SSSR count). The van der Waals surface area contributed by atoms with E-state index >= 15 is 0 Å². The second-order valence-electron chi connectivity index (χ2n) is 6.69. The predicted octanol–water partition coefficient (Wildman–Crippen LogP) is 3.58. The van der Waals surface area contributed by atoms with Crippen molar-refractivity contribution in [3.8, 4) is 0 Å². The van der Waals surface area contributed by atoms with Crippen molar-refractivity contribution in [3.63, 3.8) is 0 Å². The van der Waals surface area contributed by atoms with Crippen LogP contribution in [0.2, 0.25) is 0 Å². The molecule has 2 nitrogen and oxygen atoms in total. The van der Waals surface area contributed by atoms with Crippen LogP contribution in [0.5, 0.6) is 0 Å². The molecule has 0 spiro atoms. The average molecular weight is 260 g/mol. The normalized spacial score (nSPS) is 22.6. The van der Waals surface area contributed by atoms with Gasteiger partial charge in [0.1, 0.15) is 0 Å². The highest BCUT2D eigenvalue weighted by Crippen LogP contribution is 2.36. The van der Waals surface area contributed by atoms with Gasteiger partial charge in [-0.15, -0.1) is 0 Å². The molecule has 19 heavy (non-hydrogen) atoms. The Kier molecular flexibility index (Phi) is 3.91. The summed E-state index contributed by atoms with van der Waals surface area (Å²) in [6.07, 6.45) is 2.43. The Morgan fingerprint density at radius 3 is 2.21 bits per heavy atom. The Morgan fingerprint density at radius 2 is 1.74 bits per heavy atom. The van der Waals surface area contributed by atoms with Gasteiger partial charge in [-0.1, -0.05) is 17.7 Å². The van der Waals surface area contributed by atoms with E-state index in [0.717, 1.165) is 6.54 Å². The van der Waals surface area contributed by atoms with E-state index in [0.29, 0.717) is 6.04 Å². The first-order valence-electron chi connectivity index (χ1n) is 7.38. The molecule has 1 atom stereocenters. The maximum atomic E-state index is 3.44. The van der Waals surface area contributed by atoms with Gasteiger partial charge >= 0.3 is 0 Å². The number of nitrogens with zero attached hydrogens (tertiary/aromatic N) is 1. The third-order valence-corrected chi connectivity index (χ3v) is 4.49. The Morgan fingerprint density at radius 1 is 1.16 bits per heavy atom. The van der Waals surface area contributed by atoms with Crippen LogP contribution in [0, 0.1) is 20.8 Å². The smallest absolute Gasteiger partial charge is 0.0430 e. The number of anilines is 1. The summed E-state index contributed by atoms with van der Waals surface area (Å²) in [6, 6.07) is 5.27. The third kappa shape index (κ3) is 2.79. The van der Waals surface area contributed by atoms with E-state index < -0.39 is 0 Å². The van der Waals surface area contributed by atoms with Crippen molar-refractivity contribution in [2.75, 3.05) is 18.5 Å². The first kappa shape index (κ1) is 14.4. The van der Waals surface area contributed by atoms with Crippen LogP contribution in [0.15, 0.2) is 12.1 Å². The molecule has 2 heteroatoms. The van der Waals surface area contributed by atoms with Gasteiger partial charge in [0.05, 0.1) is 0 Å². The molecule has 1 aromatic rings. The van der Waals surface area contributed by atoms with Crippen LogP contribution in [-0.4, -0.2) is 25.2 Å². The zero-order chi connectivity index (χ0) is 14.2. The predicted molar refractivity (Wildman–Crippen MR) is 84.2 cm³/mol. The molecule has 0 aromatic heterocycles. The molecule has 106 valence electrons. The zero-order valence-corrected chi connectivity index (χ0v) is 13.3. The van der Waals surface area contributed by atoms with Gasteiger partial charge in [0, 0.05) is 23.8 Å². The van der Waals surface area contributed by atoms with Crippen LogP contribution in [0.4, 0.5) is 5.69 Å². The maximum absolute atomic E-state index is 3.44. The molecule has 1 fully saturated rings. The lowest BCUT2D eigenvalue weighted by Gasteiger charge is -2.48. The lowest BCUT2D eigenvalue weighted by Crippen LogP contribution is -2.54. The van der Waals surface area contributed by atoms with Crippen molar-refractivity contribution in [2.45, 2.75) is 59.0 Å². The molecule has 1 aromatic carbocycles. The van der Waals surface area contributed by atoms with Crippen LogP contribution in [-0.2, 0) is 0 Å². The number of hydrogen-bond acceptors (Lipinski definition) is 2. The third-order valence-electron chi connectivity index (χ3n) is 4.49. The van der Waals surface area contributed by atoms with Crippen molar-refractivity contribution in [3.05, 3.63) is 28.8 Å². The number of rotatable bonds is 2. The fourth-order valence-electron chi connectivity index (χ4n) is 3.66. The Labute approximate surface area is 118 Å². The molecule has 0 radical (unpaired) electrons. The van der Waals surface area contributed by atoms with Gasteiger partial charge < -0.3 is 10.2 Å². The number of aryl methyl sites for hydroxylation is 3. The highest BCUT2D eigenvalue weighted by atomic mass is 15.2. The Balaban J connectivity index is 2.37. The van der Waals surface area contributed by atoms with Gasteiger partial charge in [0.25, 0.3) is 0 Å². The van der Waals surface area contributed by atoms with E-state index in [4.69, 9.17) is 0 Å². The molecule has 0 aliphatic carbocycles. The van der Waals surface area contributed by atoms with E-state index in [1.165, 1.54) is 35.2 Å². The Bertz CT molecular complexity index is 439. The first-order chi connectivity index (χ1) is 8.85. The van der Waals surface area contributed by atoms with Crippen LogP contribution >= 0.6 is 0 Å². The number of hydrogen-bond donors (Lipinski definition) is 1. The van der Waals surface area contributed by atoms with Crippen LogP contribution in [0.25, 0.3) is 0 Å². The summed E-state index contributed by atoms with van der Waals surface area (Å²) in [5, 5.41) is 3.44. The average Bonchev–Trinajstić information content (AvgIpc) is 2.29. The molecule has 1 aliphatic heterocycles. The van der Waals surface area contributed by atoms with Crippen molar-refractivity contribution < 1.29 is 0 Å². The van der Waals surface area contributed by atoms with Crippen molar-refractivity contribution in [1.82, 2.24) is 5.32 Å². The lowest BCUT2D eigenvalue weighted by atomic mass is 9.85. The minimum atomic E-state index is 0.219. The molecule has 0 bridgehead atoms. The minimum Gasteiger partial charge on any atom is -0.366 e. The second-order valence-corrected chi connectivity index (χ2v) is 6.69. The highest BCUT2D eigenvalue weighted by Gasteiger charge is 2.35. The van der Waals surface area contributed by atoms with Crippen molar-refractivity contribution in [2.24, 2.45) is 0 Å². The molecule has 0 amide bonds. The van der Waals surface area contributed by atoms with Crippen LogP contribution < -0.4 is 10.2 Å². The maximum Gasteiger partial charge on any atom is 0.0430 e. The van der Waals surface area contributed by atoms with Gasteiger partial charge in [0.2, 0.25) is 0 Å². The van der Waals surface area contributed by atoms with Crippen LogP contribution in [0.3, 0.4) is 0 Å². The summed E-state index contributed by atoms with van der Waals surface area (Å²) in [5.41, 5.74) is 5.85. The SMILES string of the molecule is CNC1CCN(c2c(C)cc(C)cc2C)C(C)(C)C1. The fourth-order valence-corrected chi connectivity index (χ4v) is 3.66. The van der Waals surface area contributed by atoms with Gasteiger partial charge in [-0.25, -0.2) is 0 Å². The van der Waals surface area contributed by atoms with E-state index in [1.807, 2.05) is 0 Å². The van der Waals surface area contributed by atoms with Crippen molar-refractivity contribution >= 4 is 5.69 Å². The second kappa shape index (κ2) is 5.16. The molecule has 1 aliphatic rings. The standard InChI is InChI=1S/C17H28N2/c1-12-9-13(2)16(14(3)10-12)19-8-7-15(18-6)11-17(19,4)5/h9-10,15,18H,7-8,11H2,1-6H3. The summed E-state index contributed by atoms with van der Waals surface area (Å²) in [6.45, 7) is 12.6. The highest BCUT2D eigenvalue weighted by molar-refractivity contribution is 5.62. The summed E-state index contributed by atoms with van der Waals surface area (Å²) in [7, 11) is 2.08. The Hall–Kier alpha value is -1.02. The van der Waals surface area contributed by atoms with E-state index in [-0.39, 0.29) is 5.54 Å². The zero-order valence-electron chi connectivity index (χ0n) is 13.3. The van der Waals surface area contributed by atoms with Gasteiger partial charge in [-0.05, 0) is 65.6 Å². The number of nitrogens with one attached hydrogen (secondary N) is 1. The monoisotopic (exact) mass is 260 g/mol. The quantitative estimate of drug-likeness (QED) is 0.874. The topological polar surface area (TPSA) is 15.3 Å². The largest absolute Gasteiger partial charge is 0.366 e. The van der Waals surface area contributed by atoms with Gasteiger partial charge in [-0.3, -0.25) is 0 Å². The van der Waals surface area contributed by atoms with Crippen LogP contribution in [0.1, 0.15) is 43.4 Å². The summed E-state index contributed by atoms with van der Waals surface area (Å²) in [5.74, 6) is 0. The summed E-state index contributed by atoms with van der Waals surface area (Å²) < 4.78 is 0. The number of benzene rings is 1. The molecule has 0 saturated carbocycles.